The van der Waals surface area contributed by atoms with Gasteiger partial charge in [0.05, 0.1) is 0 Å². The smallest absolute Gasteiger partial charge is 0.0103 e. The van der Waals surface area contributed by atoms with Gasteiger partial charge in [0, 0.05) is 17.2 Å². The summed E-state index contributed by atoms with van der Waals surface area (Å²) in [6.45, 7) is 4.81. The van der Waals surface area contributed by atoms with E-state index in [4.69, 9.17) is 5.73 Å². The molecular weight excluding hydrogens is 142 g/mol. The standard InChI is InChI=1S/C8H15NS/c1-3-5-8(4-2)10-7-6-9/h3-5H,6-7,9H2,1-2H3/b5-3-,8-4+. The van der Waals surface area contributed by atoms with Crippen LogP contribution in [0.1, 0.15) is 13.8 Å². The average molecular weight is 157 g/mol. The second-order valence-electron chi connectivity index (χ2n) is 1.83. The van der Waals surface area contributed by atoms with Gasteiger partial charge in [-0.15, -0.1) is 11.8 Å². The van der Waals surface area contributed by atoms with Crippen LogP contribution in [0.25, 0.3) is 0 Å². The molecule has 0 unspecified atom stereocenters. The van der Waals surface area contributed by atoms with Crippen molar-refractivity contribution in [1.82, 2.24) is 0 Å². The van der Waals surface area contributed by atoms with Crippen molar-refractivity contribution in [3.05, 3.63) is 23.1 Å². The van der Waals surface area contributed by atoms with Gasteiger partial charge in [0.1, 0.15) is 0 Å². The van der Waals surface area contributed by atoms with E-state index in [1.807, 2.05) is 19.9 Å². The van der Waals surface area contributed by atoms with Crippen molar-refractivity contribution in [1.29, 1.82) is 0 Å². The molecule has 0 heterocycles. The van der Waals surface area contributed by atoms with Crippen molar-refractivity contribution in [2.75, 3.05) is 12.3 Å². The van der Waals surface area contributed by atoms with Crippen LogP contribution in [-0.2, 0) is 0 Å². The minimum Gasteiger partial charge on any atom is -0.330 e. The monoisotopic (exact) mass is 157 g/mol. The van der Waals surface area contributed by atoms with Crippen LogP contribution in [-0.4, -0.2) is 12.3 Å². The van der Waals surface area contributed by atoms with Gasteiger partial charge in [-0.25, -0.2) is 0 Å². The Hall–Kier alpha value is -0.210. The predicted octanol–water partition coefficient (Wildman–Crippen LogP) is 2.16. The van der Waals surface area contributed by atoms with Crippen molar-refractivity contribution >= 4 is 11.8 Å². The van der Waals surface area contributed by atoms with E-state index < -0.39 is 0 Å². The summed E-state index contributed by atoms with van der Waals surface area (Å²) >= 11 is 1.80. The molecule has 2 heteroatoms. The molecule has 1 nitrogen and oxygen atoms in total. The highest BCUT2D eigenvalue weighted by atomic mass is 32.2. The quantitative estimate of drug-likeness (QED) is 0.633. The maximum Gasteiger partial charge on any atom is 0.0103 e. The molecule has 2 N–H and O–H groups in total. The third kappa shape index (κ3) is 4.65. The van der Waals surface area contributed by atoms with Crippen molar-refractivity contribution in [2.45, 2.75) is 13.8 Å². The van der Waals surface area contributed by atoms with E-state index in [0.717, 1.165) is 12.3 Å². The number of hydrogen-bond donors (Lipinski definition) is 1. The molecule has 0 spiro atoms. The van der Waals surface area contributed by atoms with Crippen LogP contribution in [0.5, 0.6) is 0 Å². The Labute approximate surface area is 67.4 Å². The number of allylic oxidation sites excluding steroid dienone is 3. The molecule has 0 saturated carbocycles. The van der Waals surface area contributed by atoms with E-state index in [2.05, 4.69) is 12.2 Å². The second kappa shape index (κ2) is 6.90. The van der Waals surface area contributed by atoms with Crippen LogP contribution in [0.2, 0.25) is 0 Å². The molecular formula is C8H15NS. The summed E-state index contributed by atoms with van der Waals surface area (Å²) in [4.78, 5) is 1.30. The Kier molecular flexibility index (Phi) is 6.76. The number of nitrogens with two attached hydrogens (primary N) is 1. The molecule has 0 atom stereocenters. The molecule has 0 fully saturated rings. The van der Waals surface area contributed by atoms with E-state index >= 15 is 0 Å². The van der Waals surface area contributed by atoms with Crippen LogP contribution in [0.4, 0.5) is 0 Å². The molecule has 0 radical (unpaired) electrons. The summed E-state index contributed by atoms with van der Waals surface area (Å²) in [5, 5.41) is 0. The Morgan fingerprint density at radius 2 is 2.20 bits per heavy atom. The summed E-state index contributed by atoms with van der Waals surface area (Å²) in [5.74, 6) is 1.00. The lowest BCUT2D eigenvalue weighted by molar-refractivity contribution is 1.15. The number of hydrogen-bond acceptors (Lipinski definition) is 2. The van der Waals surface area contributed by atoms with Crippen molar-refractivity contribution in [3.63, 3.8) is 0 Å². The number of thioether (sulfide) groups is 1. The molecule has 0 aromatic heterocycles. The topological polar surface area (TPSA) is 26.0 Å². The van der Waals surface area contributed by atoms with Crippen LogP contribution in [0, 0.1) is 0 Å². The third-order valence-corrected chi connectivity index (χ3v) is 2.15. The van der Waals surface area contributed by atoms with Gasteiger partial charge in [0.25, 0.3) is 0 Å². The summed E-state index contributed by atoms with van der Waals surface area (Å²) in [5.41, 5.74) is 5.36. The molecule has 0 rings (SSSR count). The average Bonchev–Trinajstić information content (AvgIpc) is 1.98. The first-order chi connectivity index (χ1) is 4.85. The van der Waals surface area contributed by atoms with E-state index in [-0.39, 0.29) is 0 Å². The second-order valence-corrected chi connectivity index (χ2v) is 3.00. The van der Waals surface area contributed by atoms with Gasteiger partial charge >= 0.3 is 0 Å². The summed E-state index contributed by atoms with van der Waals surface area (Å²) in [6, 6.07) is 0. The summed E-state index contributed by atoms with van der Waals surface area (Å²) in [6.07, 6.45) is 6.24. The Morgan fingerprint density at radius 1 is 1.50 bits per heavy atom. The molecule has 0 amide bonds. The van der Waals surface area contributed by atoms with Crippen LogP contribution < -0.4 is 5.73 Å². The first-order valence-electron chi connectivity index (χ1n) is 3.47. The van der Waals surface area contributed by atoms with E-state index in [9.17, 15) is 0 Å². The normalized spacial score (nSPS) is 12.9. The van der Waals surface area contributed by atoms with Gasteiger partial charge in [0.2, 0.25) is 0 Å². The van der Waals surface area contributed by atoms with E-state index in [1.54, 1.807) is 11.8 Å². The van der Waals surface area contributed by atoms with Crippen molar-refractivity contribution < 1.29 is 0 Å². The van der Waals surface area contributed by atoms with Gasteiger partial charge in [-0.2, -0.15) is 0 Å². The summed E-state index contributed by atoms with van der Waals surface area (Å²) < 4.78 is 0. The minimum atomic E-state index is 0.750. The molecule has 10 heavy (non-hydrogen) atoms. The zero-order valence-corrected chi connectivity index (χ0v) is 7.45. The SMILES string of the molecule is C/C=C\C(=C/C)SCCN. The first-order valence-corrected chi connectivity index (χ1v) is 4.45. The zero-order valence-electron chi connectivity index (χ0n) is 6.63. The van der Waals surface area contributed by atoms with Gasteiger partial charge < -0.3 is 5.73 Å². The fourth-order valence-electron chi connectivity index (χ4n) is 0.569. The molecule has 0 bridgehead atoms. The Balaban J connectivity index is 3.62. The van der Waals surface area contributed by atoms with Crippen molar-refractivity contribution in [2.24, 2.45) is 5.73 Å². The predicted molar refractivity (Wildman–Crippen MR) is 50.1 cm³/mol. The van der Waals surface area contributed by atoms with Crippen LogP contribution >= 0.6 is 11.8 Å². The first kappa shape index (κ1) is 9.79. The van der Waals surface area contributed by atoms with Gasteiger partial charge in [-0.1, -0.05) is 18.2 Å². The lowest BCUT2D eigenvalue weighted by Crippen LogP contribution is -2.00. The Bertz CT molecular complexity index is 127. The highest BCUT2D eigenvalue weighted by Crippen LogP contribution is 2.15. The molecule has 0 aromatic carbocycles. The van der Waals surface area contributed by atoms with Gasteiger partial charge in [0.15, 0.2) is 0 Å². The van der Waals surface area contributed by atoms with Crippen LogP contribution in [0.15, 0.2) is 23.1 Å². The zero-order chi connectivity index (χ0) is 7.82. The minimum absolute atomic E-state index is 0.750. The molecule has 58 valence electrons. The molecule has 0 aromatic rings. The third-order valence-electron chi connectivity index (χ3n) is 1.00. The Morgan fingerprint density at radius 3 is 2.60 bits per heavy atom. The molecule has 0 aliphatic rings. The van der Waals surface area contributed by atoms with Crippen molar-refractivity contribution in [3.8, 4) is 0 Å². The van der Waals surface area contributed by atoms with Gasteiger partial charge in [-0.05, 0) is 13.8 Å². The van der Waals surface area contributed by atoms with Crippen LogP contribution in [0.3, 0.4) is 0 Å². The lowest BCUT2D eigenvalue weighted by Gasteiger charge is -1.97. The lowest BCUT2D eigenvalue weighted by atomic mass is 10.4. The maximum atomic E-state index is 5.36. The van der Waals surface area contributed by atoms with E-state index in [1.165, 1.54) is 4.91 Å². The fourth-order valence-corrected chi connectivity index (χ4v) is 1.32. The van der Waals surface area contributed by atoms with E-state index in [0.29, 0.717) is 0 Å². The molecule has 0 aliphatic heterocycles. The molecule has 0 aliphatic carbocycles. The maximum absolute atomic E-state index is 5.36. The molecule has 0 saturated heterocycles. The summed E-state index contributed by atoms with van der Waals surface area (Å²) in [7, 11) is 0. The largest absolute Gasteiger partial charge is 0.330 e. The fraction of sp³-hybridized carbons (Fsp3) is 0.500. The van der Waals surface area contributed by atoms with Gasteiger partial charge in [-0.3, -0.25) is 0 Å². The number of rotatable bonds is 4. The highest BCUT2D eigenvalue weighted by Gasteiger charge is 1.88. The highest BCUT2D eigenvalue weighted by molar-refractivity contribution is 8.03.